The Balaban J connectivity index is 1.79. The molecule has 31 heavy (non-hydrogen) atoms. The fourth-order valence-corrected chi connectivity index (χ4v) is 4.65. The van der Waals surface area contributed by atoms with Crippen LogP contribution in [0.2, 0.25) is 5.02 Å². The van der Waals surface area contributed by atoms with E-state index in [4.69, 9.17) is 11.6 Å². The zero-order valence-electron chi connectivity index (χ0n) is 17.5. The van der Waals surface area contributed by atoms with E-state index >= 15 is 0 Å². The number of hydrogen-bond donors (Lipinski definition) is 3. The number of halogens is 1. The lowest BCUT2D eigenvalue weighted by Crippen LogP contribution is -2.41. The Morgan fingerprint density at radius 2 is 1.94 bits per heavy atom. The summed E-state index contributed by atoms with van der Waals surface area (Å²) in [4.78, 5) is 25.7. The molecule has 7 nitrogen and oxygen atoms in total. The maximum atomic E-state index is 12.8. The van der Waals surface area contributed by atoms with Crippen molar-refractivity contribution in [3.8, 4) is 0 Å². The van der Waals surface area contributed by atoms with Gasteiger partial charge in [0.15, 0.2) is 0 Å². The quantitative estimate of drug-likeness (QED) is 0.520. The third kappa shape index (κ3) is 6.29. The molecule has 2 amide bonds. The highest BCUT2D eigenvalue weighted by Crippen LogP contribution is 2.27. The lowest BCUT2D eigenvalue weighted by molar-refractivity contribution is -0.121. The number of sulfonamides is 1. The number of fused-ring (bicyclic) bond motifs is 1. The van der Waals surface area contributed by atoms with E-state index in [-0.39, 0.29) is 23.1 Å². The van der Waals surface area contributed by atoms with Crippen LogP contribution in [0.15, 0.2) is 41.3 Å². The van der Waals surface area contributed by atoms with Gasteiger partial charge in [-0.3, -0.25) is 15.0 Å². The van der Waals surface area contributed by atoms with Gasteiger partial charge in [0.05, 0.1) is 4.90 Å². The number of rotatable bonds is 8. The summed E-state index contributed by atoms with van der Waals surface area (Å²) in [6, 6.07) is 10.2. The van der Waals surface area contributed by atoms with Crippen molar-refractivity contribution in [1.82, 2.24) is 10.3 Å². The fraction of sp³-hybridized carbons (Fsp3) is 0.364. The normalized spacial score (nSPS) is 13.6. The lowest BCUT2D eigenvalue weighted by atomic mass is 9.97. The molecular formula is C22H26ClN3O4S. The first-order chi connectivity index (χ1) is 14.6. The molecule has 0 saturated heterocycles. The number of amides is 2. The van der Waals surface area contributed by atoms with E-state index in [0.717, 1.165) is 16.8 Å². The molecule has 0 bridgehead atoms. The van der Waals surface area contributed by atoms with Gasteiger partial charge in [-0.1, -0.05) is 37.6 Å². The number of hydrazine groups is 1. The van der Waals surface area contributed by atoms with E-state index in [1.165, 1.54) is 12.1 Å². The summed E-state index contributed by atoms with van der Waals surface area (Å²) < 4.78 is 25.7. The molecule has 0 saturated carbocycles. The maximum absolute atomic E-state index is 12.8. The Kier molecular flexibility index (Phi) is 7.35. The molecule has 0 atom stereocenters. The fourth-order valence-electron chi connectivity index (χ4n) is 3.38. The molecule has 1 heterocycles. The molecule has 1 aliphatic heterocycles. The van der Waals surface area contributed by atoms with Crippen LogP contribution < -0.4 is 15.6 Å². The second-order valence-corrected chi connectivity index (χ2v) is 10.1. The van der Waals surface area contributed by atoms with E-state index in [1.54, 1.807) is 6.07 Å². The highest BCUT2D eigenvalue weighted by molar-refractivity contribution is 7.89. The number of carbonyl (C=O) groups excluding carboxylic acids is 2. The van der Waals surface area contributed by atoms with Crippen LogP contribution in [0.5, 0.6) is 0 Å². The van der Waals surface area contributed by atoms with Crippen LogP contribution in [0, 0.1) is 5.92 Å². The van der Waals surface area contributed by atoms with Gasteiger partial charge in [0, 0.05) is 23.6 Å². The first-order valence-electron chi connectivity index (χ1n) is 10.1. The summed E-state index contributed by atoms with van der Waals surface area (Å²) in [5.41, 5.74) is 5.48. The monoisotopic (exact) mass is 463 g/mol. The highest BCUT2D eigenvalue weighted by atomic mass is 35.5. The second kappa shape index (κ2) is 9.80. The van der Waals surface area contributed by atoms with Crippen molar-refractivity contribution >= 4 is 39.1 Å². The summed E-state index contributed by atoms with van der Waals surface area (Å²) in [5, 5.41) is 3.25. The van der Waals surface area contributed by atoms with Gasteiger partial charge in [-0.05, 0) is 66.1 Å². The number of benzene rings is 2. The zero-order chi connectivity index (χ0) is 22.6. The molecule has 3 N–H and O–H groups in total. The van der Waals surface area contributed by atoms with E-state index in [0.29, 0.717) is 42.2 Å². The molecular weight excluding hydrogens is 438 g/mol. The van der Waals surface area contributed by atoms with Gasteiger partial charge in [0.25, 0.3) is 10.0 Å². The minimum atomic E-state index is -3.98. The molecule has 0 spiro atoms. The van der Waals surface area contributed by atoms with Crippen molar-refractivity contribution in [1.29, 1.82) is 0 Å². The van der Waals surface area contributed by atoms with Crippen molar-refractivity contribution < 1.29 is 18.0 Å². The molecule has 2 aromatic carbocycles. The van der Waals surface area contributed by atoms with Crippen LogP contribution >= 0.6 is 11.6 Å². The van der Waals surface area contributed by atoms with Crippen LogP contribution in [0.25, 0.3) is 0 Å². The van der Waals surface area contributed by atoms with E-state index < -0.39 is 10.0 Å². The Labute approximate surface area is 187 Å². The van der Waals surface area contributed by atoms with Crippen LogP contribution in [0.4, 0.5) is 5.69 Å². The lowest BCUT2D eigenvalue weighted by Gasteiger charge is -2.18. The van der Waals surface area contributed by atoms with Crippen molar-refractivity contribution in [3.05, 3.63) is 58.1 Å². The van der Waals surface area contributed by atoms with E-state index in [2.05, 4.69) is 15.6 Å². The van der Waals surface area contributed by atoms with Gasteiger partial charge in [0.1, 0.15) is 0 Å². The standard InChI is InChI=1S/C22H26ClN3O4S/c1-14(2)3-9-22(28)25-26-31(29,30)20-8-6-18(23)13-17(20)12-15-4-7-19-16(11-15)5-10-21(27)24-19/h4,6-8,11,13-14,26H,3,5,9-10,12H2,1-2H3,(H,24,27)(H,25,28). The first-order valence-corrected chi connectivity index (χ1v) is 12.0. The smallest absolute Gasteiger partial charge is 0.257 e. The summed E-state index contributed by atoms with van der Waals surface area (Å²) >= 11 is 6.13. The molecule has 166 valence electrons. The molecule has 0 unspecified atom stereocenters. The predicted molar refractivity (Wildman–Crippen MR) is 120 cm³/mol. The van der Waals surface area contributed by atoms with Crippen LogP contribution in [-0.4, -0.2) is 20.2 Å². The summed E-state index contributed by atoms with van der Waals surface area (Å²) in [7, 11) is -3.98. The van der Waals surface area contributed by atoms with Gasteiger partial charge in [-0.2, -0.15) is 0 Å². The van der Waals surface area contributed by atoms with Gasteiger partial charge < -0.3 is 5.32 Å². The van der Waals surface area contributed by atoms with Gasteiger partial charge >= 0.3 is 0 Å². The molecule has 1 aliphatic rings. The van der Waals surface area contributed by atoms with Crippen LogP contribution in [0.3, 0.4) is 0 Å². The molecule has 0 radical (unpaired) electrons. The maximum Gasteiger partial charge on any atom is 0.257 e. The highest BCUT2D eigenvalue weighted by Gasteiger charge is 2.21. The van der Waals surface area contributed by atoms with Crippen molar-refractivity contribution in [3.63, 3.8) is 0 Å². The average molecular weight is 464 g/mol. The average Bonchev–Trinajstić information content (AvgIpc) is 2.71. The van der Waals surface area contributed by atoms with E-state index in [9.17, 15) is 18.0 Å². The largest absolute Gasteiger partial charge is 0.326 e. The Morgan fingerprint density at radius 3 is 2.68 bits per heavy atom. The number of aryl methyl sites for hydroxylation is 1. The number of hydrogen-bond acceptors (Lipinski definition) is 4. The summed E-state index contributed by atoms with van der Waals surface area (Å²) in [5.74, 6) is -0.0512. The van der Waals surface area contributed by atoms with Crippen molar-refractivity contribution in [2.75, 3.05) is 5.32 Å². The van der Waals surface area contributed by atoms with Crippen LogP contribution in [0.1, 0.15) is 49.8 Å². The third-order valence-corrected chi connectivity index (χ3v) is 6.63. The summed E-state index contributed by atoms with van der Waals surface area (Å²) in [6.07, 6.45) is 2.30. The molecule has 3 rings (SSSR count). The number of nitrogens with one attached hydrogen (secondary N) is 3. The molecule has 0 aliphatic carbocycles. The molecule has 0 aromatic heterocycles. The Hall–Kier alpha value is -2.42. The van der Waals surface area contributed by atoms with Gasteiger partial charge in [-0.15, -0.1) is 4.83 Å². The van der Waals surface area contributed by atoms with Crippen LogP contribution in [-0.2, 0) is 32.5 Å². The molecule has 2 aromatic rings. The number of carbonyl (C=O) groups is 2. The Bertz CT molecular complexity index is 1100. The molecule has 0 fully saturated rings. The van der Waals surface area contributed by atoms with E-state index in [1.807, 2.05) is 32.0 Å². The van der Waals surface area contributed by atoms with Crippen molar-refractivity contribution in [2.45, 2.75) is 50.8 Å². The van der Waals surface area contributed by atoms with Gasteiger partial charge in [0.2, 0.25) is 11.8 Å². The third-order valence-electron chi connectivity index (χ3n) is 5.05. The molecule has 9 heteroatoms. The number of anilines is 1. The zero-order valence-corrected chi connectivity index (χ0v) is 19.1. The Morgan fingerprint density at radius 1 is 1.16 bits per heavy atom. The minimum Gasteiger partial charge on any atom is -0.326 e. The van der Waals surface area contributed by atoms with Crippen molar-refractivity contribution in [2.24, 2.45) is 5.92 Å². The minimum absolute atomic E-state index is 0.00927. The van der Waals surface area contributed by atoms with Gasteiger partial charge in [-0.25, -0.2) is 8.42 Å². The SMILES string of the molecule is CC(C)CCC(=O)NNS(=O)(=O)c1ccc(Cl)cc1Cc1ccc2c(c1)CCC(=O)N2. The topological polar surface area (TPSA) is 104 Å². The second-order valence-electron chi connectivity index (χ2n) is 8.05. The predicted octanol–water partition coefficient (Wildman–Crippen LogP) is 3.56. The first kappa shape index (κ1) is 23.2. The summed E-state index contributed by atoms with van der Waals surface area (Å²) in [6.45, 7) is 3.98.